The number of para-hydroxylation sites is 1. The second kappa shape index (κ2) is 9.29. The lowest BCUT2D eigenvalue weighted by atomic mass is 10.0. The van der Waals surface area contributed by atoms with Gasteiger partial charge in [-0.1, -0.05) is 42.8 Å². The number of hydrogen-bond donors (Lipinski definition) is 1. The van der Waals surface area contributed by atoms with Crippen molar-refractivity contribution in [2.45, 2.75) is 32.7 Å². The van der Waals surface area contributed by atoms with Crippen LogP contribution in [0.5, 0.6) is 0 Å². The Morgan fingerprint density at radius 2 is 1.88 bits per heavy atom. The van der Waals surface area contributed by atoms with Crippen LogP contribution in [0.4, 0.5) is 5.13 Å². The normalized spacial score (nSPS) is 14.5. The average molecular weight is 460 g/mol. The molecule has 1 aliphatic heterocycles. The molecular weight excluding hydrogens is 434 g/mol. The first-order valence-electron chi connectivity index (χ1n) is 11.2. The zero-order valence-electron chi connectivity index (χ0n) is 18.5. The van der Waals surface area contributed by atoms with E-state index in [9.17, 15) is 9.59 Å². The van der Waals surface area contributed by atoms with Crippen molar-refractivity contribution < 1.29 is 9.21 Å². The van der Waals surface area contributed by atoms with Gasteiger partial charge in [0.2, 0.25) is 0 Å². The molecule has 4 aromatic rings. The molecule has 0 atom stereocenters. The minimum atomic E-state index is -0.342. The summed E-state index contributed by atoms with van der Waals surface area (Å²) in [6.45, 7) is 4.74. The molecule has 0 aliphatic carbocycles. The van der Waals surface area contributed by atoms with Gasteiger partial charge in [0.05, 0.1) is 16.6 Å². The maximum Gasteiger partial charge on any atom is 0.261 e. The summed E-state index contributed by atoms with van der Waals surface area (Å²) >= 11 is 1.41. The van der Waals surface area contributed by atoms with Gasteiger partial charge in [-0.2, -0.15) is 0 Å². The van der Waals surface area contributed by atoms with Crippen LogP contribution in [0.15, 0.2) is 63.1 Å². The molecule has 168 valence electrons. The number of benzene rings is 2. The fourth-order valence-corrected chi connectivity index (χ4v) is 5.00. The number of nitrogens with one attached hydrogen (secondary N) is 1. The first-order valence-corrected chi connectivity index (χ1v) is 12.1. The maximum atomic E-state index is 13.2. The first kappa shape index (κ1) is 21.6. The lowest BCUT2D eigenvalue weighted by Crippen LogP contribution is -2.29. The van der Waals surface area contributed by atoms with E-state index in [1.165, 1.54) is 30.6 Å². The van der Waals surface area contributed by atoms with Crippen molar-refractivity contribution in [3.63, 3.8) is 0 Å². The number of amides is 1. The summed E-state index contributed by atoms with van der Waals surface area (Å²) in [5.74, 6) is 0.136. The van der Waals surface area contributed by atoms with Gasteiger partial charge in [0, 0.05) is 23.1 Å². The van der Waals surface area contributed by atoms with Crippen LogP contribution in [0.1, 0.15) is 40.9 Å². The number of aromatic nitrogens is 1. The Bertz CT molecular complexity index is 1350. The SMILES string of the molecule is Cc1c(-c2ccccc2)oc2c(C(=O)Nc3nc(CN4CCCCC4)cs3)cccc2c1=O. The van der Waals surface area contributed by atoms with Crippen molar-refractivity contribution in [3.8, 4) is 11.3 Å². The van der Waals surface area contributed by atoms with Crippen LogP contribution in [0.2, 0.25) is 0 Å². The molecule has 1 saturated heterocycles. The molecule has 0 saturated carbocycles. The van der Waals surface area contributed by atoms with Gasteiger partial charge in [-0.05, 0) is 45.0 Å². The molecule has 0 spiro atoms. The first-order chi connectivity index (χ1) is 16.1. The molecule has 1 fully saturated rings. The van der Waals surface area contributed by atoms with Crippen molar-refractivity contribution >= 4 is 33.3 Å². The average Bonchev–Trinajstić information content (AvgIpc) is 3.28. The van der Waals surface area contributed by atoms with Crippen molar-refractivity contribution in [2.75, 3.05) is 18.4 Å². The number of fused-ring (bicyclic) bond motifs is 1. The van der Waals surface area contributed by atoms with E-state index in [0.717, 1.165) is 30.9 Å². The van der Waals surface area contributed by atoms with Gasteiger partial charge in [-0.3, -0.25) is 19.8 Å². The summed E-state index contributed by atoms with van der Waals surface area (Å²) in [5, 5.41) is 5.82. The highest BCUT2D eigenvalue weighted by Crippen LogP contribution is 2.28. The Morgan fingerprint density at radius 3 is 2.67 bits per heavy atom. The quantitative estimate of drug-likeness (QED) is 0.429. The lowest BCUT2D eigenvalue weighted by Gasteiger charge is -2.25. The second-order valence-corrected chi connectivity index (χ2v) is 9.23. The number of carbonyl (C=O) groups excluding carboxylic acids is 1. The van der Waals surface area contributed by atoms with Crippen LogP contribution >= 0.6 is 11.3 Å². The maximum absolute atomic E-state index is 13.2. The highest BCUT2D eigenvalue weighted by molar-refractivity contribution is 7.14. The van der Waals surface area contributed by atoms with Gasteiger partial charge < -0.3 is 4.42 Å². The van der Waals surface area contributed by atoms with Gasteiger partial charge in [-0.15, -0.1) is 11.3 Å². The van der Waals surface area contributed by atoms with Crippen molar-refractivity contribution in [3.05, 3.63) is 81.0 Å². The van der Waals surface area contributed by atoms with Crippen LogP contribution in [0.3, 0.4) is 0 Å². The number of piperidine rings is 1. The van der Waals surface area contributed by atoms with Gasteiger partial charge in [0.15, 0.2) is 16.1 Å². The minimum Gasteiger partial charge on any atom is -0.455 e. The predicted octanol–water partition coefficient (Wildman–Crippen LogP) is 5.46. The molecule has 33 heavy (non-hydrogen) atoms. The van der Waals surface area contributed by atoms with Crippen LogP contribution in [0, 0.1) is 6.92 Å². The number of thiazole rings is 1. The van der Waals surface area contributed by atoms with Gasteiger partial charge in [-0.25, -0.2) is 4.98 Å². The highest BCUT2D eigenvalue weighted by Gasteiger charge is 2.19. The molecule has 1 aliphatic rings. The summed E-state index contributed by atoms with van der Waals surface area (Å²) < 4.78 is 6.17. The molecule has 2 aromatic heterocycles. The van der Waals surface area contributed by atoms with Gasteiger partial charge >= 0.3 is 0 Å². The summed E-state index contributed by atoms with van der Waals surface area (Å²) in [6.07, 6.45) is 3.75. The largest absolute Gasteiger partial charge is 0.455 e. The van der Waals surface area contributed by atoms with E-state index < -0.39 is 0 Å². The monoisotopic (exact) mass is 459 g/mol. The van der Waals surface area contributed by atoms with Gasteiger partial charge in [0.1, 0.15) is 5.76 Å². The van der Waals surface area contributed by atoms with Crippen LogP contribution in [-0.2, 0) is 6.54 Å². The summed E-state index contributed by atoms with van der Waals surface area (Å²) in [4.78, 5) is 33.2. The molecule has 1 N–H and O–H groups in total. The Balaban J connectivity index is 1.44. The zero-order chi connectivity index (χ0) is 22.8. The second-order valence-electron chi connectivity index (χ2n) is 8.37. The Labute approximate surface area is 195 Å². The molecule has 0 unspecified atom stereocenters. The molecule has 2 aromatic carbocycles. The number of likely N-dealkylation sites (tertiary alicyclic amines) is 1. The van der Waals surface area contributed by atoms with E-state index in [2.05, 4.69) is 15.2 Å². The molecule has 0 radical (unpaired) electrons. The number of nitrogens with zero attached hydrogens (tertiary/aromatic N) is 2. The van der Waals surface area contributed by atoms with E-state index in [0.29, 0.717) is 27.4 Å². The number of rotatable bonds is 5. The van der Waals surface area contributed by atoms with E-state index in [4.69, 9.17) is 4.42 Å². The highest BCUT2D eigenvalue weighted by atomic mass is 32.1. The zero-order valence-corrected chi connectivity index (χ0v) is 19.3. The fraction of sp³-hybridized carbons (Fsp3) is 0.269. The number of hydrogen-bond acceptors (Lipinski definition) is 6. The molecule has 1 amide bonds. The standard InChI is InChI=1S/C26H25N3O3S/c1-17-22(30)20-11-8-12-21(24(20)32-23(17)18-9-4-2-5-10-18)25(31)28-26-27-19(16-33-26)15-29-13-6-3-7-14-29/h2,4-5,8-12,16H,3,6-7,13-15H2,1H3,(H,27,28,31). The fourth-order valence-electron chi connectivity index (χ4n) is 4.30. The molecule has 3 heterocycles. The molecular formula is C26H25N3O3S. The third-order valence-electron chi connectivity index (χ3n) is 6.03. The minimum absolute atomic E-state index is 0.136. The molecule has 5 rings (SSSR count). The van der Waals surface area contributed by atoms with E-state index >= 15 is 0 Å². The summed E-state index contributed by atoms with van der Waals surface area (Å²) in [5.41, 5.74) is 2.75. The topological polar surface area (TPSA) is 75.4 Å². The van der Waals surface area contributed by atoms with E-state index in [1.807, 2.05) is 35.7 Å². The van der Waals surface area contributed by atoms with E-state index in [1.54, 1.807) is 25.1 Å². The van der Waals surface area contributed by atoms with Crippen LogP contribution < -0.4 is 10.7 Å². The molecule has 0 bridgehead atoms. The number of carbonyl (C=O) groups is 1. The smallest absolute Gasteiger partial charge is 0.261 e. The summed E-state index contributed by atoms with van der Waals surface area (Å²) in [7, 11) is 0. The van der Waals surface area contributed by atoms with Crippen molar-refractivity contribution in [2.24, 2.45) is 0 Å². The molecule has 7 heteroatoms. The van der Waals surface area contributed by atoms with Crippen LogP contribution in [-0.4, -0.2) is 28.9 Å². The third kappa shape index (κ3) is 4.47. The lowest BCUT2D eigenvalue weighted by molar-refractivity contribution is 0.102. The predicted molar refractivity (Wildman–Crippen MR) is 132 cm³/mol. The van der Waals surface area contributed by atoms with Gasteiger partial charge in [0.25, 0.3) is 5.91 Å². The van der Waals surface area contributed by atoms with Crippen molar-refractivity contribution in [1.82, 2.24) is 9.88 Å². The Hall–Kier alpha value is -3.29. The van der Waals surface area contributed by atoms with Crippen LogP contribution in [0.25, 0.3) is 22.3 Å². The Kier molecular flexibility index (Phi) is 6.07. The Morgan fingerprint density at radius 1 is 1.09 bits per heavy atom. The summed E-state index contributed by atoms with van der Waals surface area (Å²) in [6, 6.07) is 14.5. The van der Waals surface area contributed by atoms with E-state index in [-0.39, 0.29) is 16.9 Å². The molecule has 6 nitrogen and oxygen atoms in total. The third-order valence-corrected chi connectivity index (χ3v) is 6.84. The number of anilines is 1. The van der Waals surface area contributed by atoms with Crippen molar-refractivity contribution in [1.29, 1.82) is 0 Å².